The summed E-state index contributed by atoms with van der Waals surface area (Å²) >= 11 is 6.67. The molecular weight excluding hydrogens is 251 g/mol. The lowest BCUT2D eigenvalue weighted by atomic mass is 9.93. The van der Waals surface area contributed by atoms with Crippen LogP contribution in [0.3, 0.4) is 0 Å². The molecule has 1 aromatic rings. The van der Waals surface area contributed by atoms with E-state index < -0.39 is 5.97 Å². The fourth-order valence-corrected chi connectivity index (χ4v) is 2.73. The molecule has 0 saturated heterocycles. The van der Waals surface area contributed by atoms with Gasteiger partial charge in [-0.25, -0.2) is 0 Å². The molecule has 1 heterocycles. The van der Waals surface area contributed by atoms with E-state index in [1.54, 1.807) is 6.07 Å². The number of carbonyl (C=O) groups is 1. The van der Waals surface area contributed by atoms with Crippen molar-refractivity contribution < 1.29 is 14.3 Å². The minimum absolute atomic E-state index is 0.0723. The van der Waals surface area contributed by atoms with Gasteiger partial charge in [0, 0.05) is 12.0 Å². The first-order valence-electron chi connectivity index (χ1n) is 5.21. The second-order valence-electron chi connectivity index (χ2n) is 3.67. The van der Waals surface area contributed by atoms with Gasteiger partial charge in [-0.2, -0.15) is 4.39 Å². The number of rotatable bonds is 6. The Morgan fingerprint density at radius 3 is 2.81 bits per heavy atom. The van der Waals surface area contributed by atoms with Crippen LogP contribution in [0.15, 0.2) is 6.07 Å². The number of hydrogen-bond donors (Lipinski definition) is 1. The Kier molecular flexibility index (Phi) is 5.22. The zero-order valence-electron chi connectivity index (χ0n) is 9.00. The second kappa shape index (κ2) is 6.21. The molecule has 0 radical (unpaired) electrons. The molecule has 1 atom stereocenters. The standard InChI is InChI=1S/C11H14ClFO2S/c1-2-7(4-3-5-10(14)15)8-6-9(12)16-11(8)13/h6-7H,2-5H2,1H3,(H,14,15). The molecule has 0 aliphatic heterocycles. The lowest BCUT2D eigenvalue weighted by molar-refractivity contribution is -0.137. The maximum atomic E-state index is 13.5. The lowest BCUT2D eigenvalue weighted by Crippen LogP contribution is -2.01. The van der Waals surface area contributed by atoms with Crippen LogP contribution in [0.1, 0.15) is 44.1 Å². The van der Waals surface area contributed by atoms with Crippen molar-refractivity contribution in [1.82, 2.24) is 0 Å². The summed E-state index contributed by atoms with van der Waals surface area (Å²) in [7, 11) is 0. The zero-order valence-corrected chi connectivity index (χ0v) is 10.6. The Balaban J connectivity index is 2.60. The first-order valence-corrected chi connectivity index (χ1v) is 6.40. The largest absolute Gasteiger partial charge is 0.481 e. The molecule has 0 fully saturated rings. The summed E-state index contributed by atoms with van der Waals surface area (Å²) in [6.07, 6.45) is 2.19. The van der Waals surface area contributed by atoms with Crippen molar-refractivity contribution in [2.24, 2.45) is 0 Å². The van der Waals surface area contributed by atoms with Gasteiger partial charge in [-0.15, -0.1) is 0 Å². The SMILES string of the molecule is CCC(CCCC(=O)O)c1cc(Cl)sc1F. The third kappa shape index (κ3) is 3.76. The summed E-state index contributed by atoms with van der Waals surface area (Å²) in [6.45, 7) is 1.97. The van der Waals surface area contributed by atoms with Crippen LogP contribution in [0.4, 0.5) is 4.39 Å². The van der Waals surface area contributed by atoms with Crippen molar-refractivity contribution in [1.29, 1.82) is 0 Å². The van der Waals surface area contributed by atoms with E-state index in [2.05, 4.69) is 0 Å². The fraction of sp³-hybridized carbons (Fsp3) is 0.545. The van der Waals surface area contributed by atoms with Gasteiger partial charge in [0.15, 0.2) is 5.13 Å². The van der Waals surface area contributed by atoms with Crippen LogP contribution in [0.5, 0.6) is 0 Å². The predicted molar refractivity (Wildman–Crippen MR) is 63.8 cm³/mol. The molecule has 0 spiro atoms. The molecule has 1 rings (SSSR count). The summed E-state index contributed by atoms with van der Waals surface area (Å²) in [5.74, 6) is -0.734. The summed E-state index contributed by atoms with van der Waals surface area (Å²) in [6, 6.07) is 1.65. The third-order valence-corrected chi connectivity index (χ3v) is 3.63. The summed E-state index contributed by atoms with van der Waals surface area (Å²) < 4.78 is 13.9. The molecule has 2 nitrogen and oxygen atoms in total. The van der Waals surface area contributed by atoms with Crippen LogP contribution >= 0.6 is 22.9 Å². The minimum atomic E-state index is -0.807. The van der Waals surface area contributed by atoms with Crippen LogP contribution in [0, 0.1) is 5.13 Å². The van der Waals surface area contributed by atoms with Gasteiger partial charge in [0.1, 0.15) is 0 Å². The highest BCUT2D eigenvalue weighted by Gasteiger charge is 2.17. The van der Waals surface area contributed by atoms with Crippen molar-refractivity contribution in [2.75, 3.05) is 0 Å². The molecule has 1 N–H and O–H groups in total. The van der Waals surface area contributed by atoms with E-state index in [-0.39, 0.29) is 17.5 Å². The third-order valence-electron chi connectivity index (χ3n) is 2.56. The maximum Gasteiger partial charge on any atom is 0.303 e. The number of hydrogen-bond acceptors (Lipinski definition) is 2. The first-order chi connectivity index (χ1) is 7.54. The van der Waals surface area contributed by atoms with E-state index in [0.717, 1.165) is 17.8 Å². The van der Waals surface area contributed by atoms with Gasteiger partial charge in [0.25, 0.3) is 0 Å². The van der Waals surface area contributed by atoms with Crippen LogP contribution in [-0.2, 0) is 4.79 Å². The van der Waals surface area contributed by atoms with E-state index >= 15 is 0 Å². The molecule has 0 amide bonds. The second-order valence-corrected chi connectivity index (χ2v) is 5.30. The van der Waals surface area contributed by atoms with Crippen LogP contribution in [-0.4, -0.2) is 11.1 Å². The number of thiophene rings is 1. The zero-order chi connectivity index (χ0) is 12.1. The molecule has 90 valence electrons. The van der Waals surface area contributed by atoms with Crippen LogP contribution in [0.2, 0.25) is 4.34 Å². The van der Waals surface area contributed by atoms with E-state index in [9.17, 15) is 9.18 Å². The Morgan fingerprint density at radius 1 is 1.69 bits per heavy atom. The average molecular weight is 265 g/mol. The van der Waals surface area contributed by atoms with Crippen molar-refractivity contribution in [3.63, 3.8) is 0 Å². The smallest absolute Gasteiger partial charge is 0.303 e. The normalized spacial score (nSPS) is 12.7. The van der Waals surface area contributed by atoms with Crippen molar-refractivity contribution in [2.45, 2.75) is 38.5 Å². The molecule has 0 aliphatic carbocycles. The number of carboxylic acids is 1. The van der Waals surface area contributed by atoms with Gasteiger partial charge in [-0.05, 0) is 31.2 Å². The van der Waals surface area contributed by atoms with Gasteiger partial charge in [0.2, 0.25) is 0 Å². The molecule has 1 unspecified atom stereocenters. The highest BCUT2D eigenvalue weighted by atomic mass is 35.5. The summed E-state index contributed by atoms with van der Waals surface area (Å²) in [4.78, 5) is 10.4. The van der Waals surface area contributed by atoms with Crippen LogP contribution in [0.25, 0.3) is 0 Å². The molecule has 1 aromatic heterocycles. The van der Waals surface area contributed by atoms with Crippen molar-refractivity contribution in [3.05, 3.63) is 21.1 Å². The summed E-state index contributed by atoms with van der Waals surface area (Å²) in [5.41, 5.74) is 0.628. The Labute approximate surface area is 103 Å². The monoisotopic (exact) mass is 264 g/mol. The van der Waals surface area contributed by atoms with E-state index in [1.165, 1.54) is 0 Å². The number of carboxylic acid groups (broad SMARTS) is 1. The van der Waals surface area contributed by atoms with Gasteiger partial charge in [-0.1, -0.05) is 29.9 Å². The summed E-state index contributed by atoms with van der Waals surface area (Å²) in [5, 5.41) is 8.29. The van der Waals surface area contributed by atoms with E-state index in [1.807, 2.05) is 6.92 Å². The van der Waals surface area contributed by atoms with E-state index in [0.29, 0.717) is 22.7 Å². The van der Waals surface area contributed by atoms with Crippen molar-refractivity contribution in [3.8, 4) is 0 Å². The minimum Gasteiger partial charge on any atom is -0.481 e. The number of aliphatic carboxylic acids is 1. The van der Waals surface area contributed by atoms with Gasteiger partial charge < -0.3 is 5.11 Å². The highest BCUT2D eigenvalue weighted by Crippen LogP contribution is 2.34. The fourth-order valence-electron chi connectivity index (χ4n) is 1.71. The molecule has 0 bridgehead atoms. The average Bonchev–Trinajstić information content (AvgIpc) is 2.52. The molecular formula is C11H14ClFO2S. The number of halogens is 2. The molecule has 0 saturated carbocycles. The predicted octanol–water partition coefficient (Wildman–Crippen LogP) is 4.29. The molecule has 0 aromatic carbocycles. The maximum absolute atomic E-state index is 13.5. The topological polar surface area (TPSA) is 37.3 Å². The van der Waals surface area contributed by atoms with Crippen LogP contribution < -0.4 is 0 Å². The highest BCUT2D eigenvalue weighted by molar-refractivity contribution is 7.14. The van der Waals surface area contributed by atoms with Gasteiger partial charge >= 0.3 is 5.97 Å². The Morgan fingerprint density at radius 2 is 2.38 bits per heavy atom. The molecule has 16 heavy (non-hydrogen) atoms. The molecule has 5 heteroatoms. The van der Waals surface area contributed by atoms with Crippen molar-refractivity contribution >= 4 is 28.9 Å². The van der Waals surface area contributed by atoms with Gasteiger partial charge in [-0.3, -0.25) is 4.79 Å². The van der Waals surface area contributed by atoms with Gasteiger partial charge in [0.05, 0.1) is 4.34 Å². The van der Waals surface area contributed by atoms with E-state index in [4.69, 9.17) is 16.7 Å². The first kappa shape index (κ1) is 13.5. The Bertz CT molecular complexity index is 365. The quantitative estimate of drug-likeness (QED) is 0.832. The lowest BCUT2D eigenvalue weighted by Gasteiger charge is -2.12. The Hall–Kier alpha value is -0.610. The molecule has 0 aliphatic rings.